The van der Waals surface area contributed by atoms with E-state index in [-0.39, 0.29) is 23.1 Å². The predicted octanol–water partition coefficient (Wildman–Crippen LogP) is 2.19. The first kappa shape index (κ1) is 12.6. The molecule has 0 aliphatic heterocycles. The van der Waals surface area contributed by atoms with Crippen LogP contribution < -0.4 is 11.3 Å². The molecule has 0 aliphatic rings. The molecule has 0 saturated heterocycles. The van der Waals surface area contributed by atoms with Crippen LogP contribution in [0.2, 0.25) is 5.02 Å². The number of aromatic nitrogens is 3. The number of hydrogen-bond acceptors (Lipinski definition) is 4. The summed E-state index contributed by atoms with van der Waals surface area (Å²) in [5.74, 6) is 0.507. The molecule has 0 atom stereocenters. The summed E-state index contributed by atoms with van der Waals surface area (Å²) in [5.41, 5.74) is 6.45. The molecule has 0 saturated carbocycles. The van der Waals surface area contributed by atoms with E-state index in [1.807, 2.05) is 13.8 Å². The second-order valence-electron chi connectivity index (χ2n) is 4.20. The van der Waals surface area contributed by atoms with Gasteiger partial charge < -0.3 is 10.7 Å². The van der Waals surface area contributed by atoms with Gasteiger partial charge in [-0.25, -0.2) is 4.98 Å². The molecule has 0 unspecified atom stereocenters. The molecular weight excluding hydrogens is 252 g/mol. The van der Waals surface area contributed by atoms with Crippen molar-refractivity contribution in [1.29, 1.82) is 0 Å². The number of rotatable bonds is 2. The highest BCUT2D eigenvalue weighted by Gasteiger charge is 2.15. The molecule has 2 aromatic rings. The summed E-state index contributed by atoms with van der Waals surface area (Å²) in [5, 5.41) is 0.414. The summed E-state index contributed by atoms with van der Waals surface area (Å²) in [6.07, 6.45) is 1.58. The van der Waals surface area contributed by atoms with Crippen molar-refractivity contribution in [1.82, 2.24) is 15.0 Å². The fraction of sp³-hybridized carbons (Fsp3) is 0.250. The number of nitrogens with zero attached hydrogens (tertiary/aromatic N) is 2. The van der Waals surface area contributed by atoms with Gasteiger partial charge >= 0.3 is 0 Å². The van der Waals surface area contributed by atoms with Crippen LogP contribution in [0.4, 0.5) is 5.82 Å². The highest BCUT2D eigenvalue weighted by molar-refractivity contribution is 6.32. The van der Waals surface area contributed by atoms with E-state index in [0.29, 0.717) is 16.3 Å². The Bertz CT molecular complexity index is 636. The SMILES string of the molecule is CC(C)c1c(N)nc(-c2ncccc2Cl)[nH]c1=O. The van der Waals surface area contributed by atoms with E-state index in [4.69, 9.17) is 17.3 Å². The van der Waals surface area contributed by atoms with E-state index in [0.717, 1.165) is 0 Å². The minimum absolute atomic E-state index is 0.00880. The number of anilines is 1. The van der Waals surface area contributed by atoms with E-state index in [2.05, 4.69) is 15.0 Å². The Kier molecular flexibility index (Phi) is 3.34. The number of halogens is 1. The van der Waals surface area contributed by atoms with Gasteiger partial charge in [-0.05, 0) is 18.1 Å². The Morgan fingerprint density at radius 2 is 2.17 bits per heavy atom. The third-order valence-corrected chi connectivity index (χ3v) is 2.85. The fourth-order valence-electron chi connectivity index (χ4n) is 1.73. The van der Waals surface area contributed by atoms with Gasteiger partial charge in [0, 0.05) is 6.20 Å². The zero-order chi connectivity index (χ0) is 13.3. The van der Waals surface area contributed by atoms with Gasteiger partial charge in [0.15, 0.2) is 5.82 Å². The zero-order valence-corrected chi connectivity index (χ0v) is 10.8. The maximum Gasteiger partial charge on any atom is 0.256 e. The second-order valence-corrected chi connectivity index (χ2v) is 4.61. The summed E-state index contributed by atoms with van der Waals surface area (Å²) in [6, 6.07) is 3.38. The summed E-state index contributed by atoms with van der Waals surface area (Å²) >= 11 is 6.00. The highest BCUT2D eigenvalue weighted by atomic mass is 35.5. The molecule has 5 nitrogen and oxygen atoms in total. The number of aromatic amines is 1. The second kappa shape index (κ2) is 4.78. The van der Waals surface area contributed by atoms with Crippen LogP contribution in [-0.4, -0.2) is 15.0 Å². The van der Waals surface area contributed by atoms with Gasteiger partial charge in [0.05, 0.1) is 10.6 Å². The number of nitrogens with two attached hydrogens (primary N) is 1. The Morgan fingerprint density at radius 3 is 2.72 bits per heavy atom. The first-order chi connectivity index (χ1) is 8.50. The van der Waals surface area contributed by atoms with Gasteiger partial charge in [-0.2, -0.15) is 0 Å². The molecule has 2 heterocycles. The van der Waals surface area contributed by atoms with Crippen LogP contribution in [0, 0.1) is 0 Å². The largest absolute Gasteiger partial charge is 0.383 e. The van der Waals surface area contributed by atoms with E-state index >= 15 is 0 Å². The highest BCUT2D eigenvalue weighted by Crippen LogP contribution is 2.23. The summed E-state index contributed by atoms with van der Waals surface area (Å²) < 4.78 is 0. The predicted molar refractivity (Wildman–Crippen MR) is 71.6 cm³/mol. The molecule has 0 aliphatic carbocycles. The normalized spacial score (nSPS) is 10.9. The Labute approximate surface area is 109 Å². The number of nitrogens with one attached hydrogen (secondary N) is 1. The third-order valence-electron chi connectivity index (χ3n) is 2.54. The zero-order valence-electron chi connectivity index (χ0n) is 10.1. The molecule has 94 valence electrons. The summed E-state index contributed by atoms with van der Waals surface area (Å²) in [4.78, 5) is 22.8. The molecule has 0 fully saturated rings. The number of H-pyrrole nitrogens is 1. The third kappa shape index (κ3) is 2.22. The lowest BCUT2D eigenvalue weighted by atomic mass is 10.1. The monoisotopic (exact) mass is 264 g/mol. The molecule has 18 heavy (non-hydrogen) atoms. The van der Waals surface area contributed by atoms with Crippen molar-refractivity contribution in [2.75, 3.05) is 5.73 Å². The molecule has 0 bridgehead atoms. The first-order valence-electron chi connectivity index (χ1n) is 5.51. The maximum absolute atomic E-state index is 11.9. The van der Waals surface area contributed by atoms with Gasteiger partial charge in [-0.1, -0.05) is 25.4 Å². The van der Waals surface area contributed by atoms with Gasteiger partial charge in [0.25, 0.3) is 5.56 Å². The van der Waals surface area contributed by atoms with Crippen LogP contribution in [0.3, 0.4) is 0 Å². The lowest BCUT2D eigenvalue weighted by Crippen LogP contribution is -2.19. The average molecular weight is 265 g/mol. The molecule has 3 N–H and O–H groups in total. The minimum atomic E-state index is -0.255. The molecular formula is C12H13ClN4O. The lowest BCUT2D eigenvalue weighted by molar-refractivity contribution is 0.836. The smallest absolute Gasteiger partial charge is 0.256 e. The van der Waals surface area contributed by atoms with Crippen molar-refractivity contribution in [2.24, 2.45) is 0 Å². The number of nitrogen functional groups attached to an aromatic ring is 1. The number of pyridine rings is 1. The van der Waals surface area contributed by atoms with Crippen LogP contribution in [-0.2, 0) is 0 Å². The Balaban J connectivity index is 2.63. The molecule has 6 heteroatoms. The molecule has 0 amide bonds. The topological polar surface area (TPSA) is 84.7 Å². The van der Waals surface area contributed by atoms with Crippen LogP contribution in [0.15, 0.2) is 23.1 Å². The van der Waals surface area contributed by atoms with E-state index < -0.39 is 0 Å². The lowest BCUT2D eigenvalue weighted by Gasteiger charge is -2.09. The average Bonchev–Trinajstić information content (AvgIpc) is 2.27. The Hall–Kier alpha value is -1.88. The summed E-state index contributed by atoms with van der Waals surface area (Å²) in [6.45, 7) is 3.77. The molecule has 0 aromatic carbocycles. The van der Waals surface area contributed by atoms with Crippen LogP contribution in [0.25, 0.3) is 11.5 Å². The van der Waals surface area contributed by atoms with Crippen LogP contribution in [0.5, 0.6) is 0 Å². The standard InChI is InChI=1S/C12H13ClN4O/c1-6(2)8-10(14)16-11(17-12(8)18)9-7(13)4-3-5-15-9/h3-6H,1-2H3,(H3,14,16,17,18). The van der Waals surface area contributed by atoms with Crippen molar-refractivity contribution in [3.8, 4) is 11.5 Å². The molecule has 0 radical (unpaired) electrons. The fourth-order valence-corrected chi connectivity index (χ4v) is 1.94. The van der Waals surface area contributed by atoms with E-state index in [1.165, 1.54) is 0 Å². The van der Waals surface area contributed by atoms with Crippen LogP contribution >= 0.6 is 11.6 Å². The van der Waals surface area contributed by atoms with Gasteiger partial charge in [0.2, 0.25) is 0 Å². The van der Waals surface area contributed by atoms with Crippen molar-refractivity contribution in [3.05, 3.63) is 39.3 Å². The summed E-state index contributed by atoms with van der Waals surface area (Å²) in [7, 11) is 0. The molecule has 2 rings (SSSR count). The maximum atomic E-state index is 11.9. The van der Waals surface area contributed by atoms with Crippen molar-refractivity contribution in [3.63, 3.8) is 0 Å². The molecule has 0 spiro atoms. The van der Waals surface area contributed by atoms with Gasteiger partial charge in [-0.3, -0.25) is 9.78 Å². The van der Waals surface area contributed by atoms with Gasteiger partial charge in [0.1, 0.15) is 11.5 Å². The quantitative estimate of drug-likeness (QED) is 0.871. The van der Waals surface area contributed by atoms with Crippen molar-refractivity contribution < 1.29 is 0 Å². The van der Waals surface area contributed by atoms with Gasteiger partial charge in [-0.15, -0.1) is 0 Å². The van der Waals surface area contributed by atoms with Crippen molar-refractivity contribution in [2.45, 2.75) is 19.8 Å². The Morgan fingerprint density at radius 1 is 1.44 bits per heavy atom. The van der Waals surface area contributed by atoms with Crippen molar-refractivity contribution >= 4 is 17.4 Å². The minimum Gasteiger partial charge on any atom is -0.383 e. The first-order valence-corrected chi connectivity index (χ1v) is 5.89. The van der Waals surface area contributed by atoms with E-state index in [1.54, 1.807) is 18.3 Å². The van der Waals surface area contributed by atoms with E-state index in [9.17, 15) is 4.79 Å². The van der Waals surface area contributed by atoms with Crippen LogP contribution in [0.1, 0.15) is 25.3 Å². The number of hydrogen-bond donors (Lipinski definition) is 2. The molecule has 2 aromatic heterocycles.